The number of hydrogen-bond donors (Lipinski definition) is 1. The van der Waals surface area contributed by atoms with Gasteiger partial charge in [0.1, 0.15) is 5.37 Å². The summed E-state index contributed by atoms with van der Waals surface area (Å²) in [5, 5.41) is 9.18. The Labute approximate surface area is 250 Å². The minimum absolute atomic E-state index is 0.176. The van der Waals surface area contributed by atoms with Gasteiger partial charge < -0.3 is 10.2 Å². The molecule has 0 saturated heterocycles. The number of fused-ring (bicyclic) bond motifs is 6. The molecular weight excluding hydrogens is 529 g/mol. The summed E-state index contributed by atoms with van der Waals surface area (Å²) in [4.78, 5) is 3.68. The minimum Gasteiger partial charge on any atom is -0.368 e. The zero-order valence-electron chi connectivity index (χ0n) is 22.9. The van der Waals surface area contributed by atoms with E-state index in [1.54, 1.807) is 0 Å². The van der Waals surface area contributed by atoms with E-state index in [4.69, 9.17) is 0 Å². The van der Waals surface area contributed by atoms with Gasteiger partial charge >= 0.3 is 0 Å². The van der Waals surface area contributed by atoms with Crippen LogP contribution in [0.1, 0.15) is 10.9 Å². The zero-order valence-corrected chi connectivity index (χ0v) is 23.8. The van der Waals surface area contributed by atoms with Crippen LogP contribution in [0.3, 0.4) is 0 Å². The van der Waals surface area contributed by atoms with Gasteiger partial charge in [-0.3, -0.25) is 0 Å². The molecule has 0 saturated carbocycles. The number of hydrogen-bond acceptors (Lipinski definition) is 3. The molecule has 7 aromatic carbocycles. The number of benzene rings is 7. The summed E-state index contributed by atoms with van der Waals surface area (Å²) in [5.74, 6) is 0. The van der Waals surface area contributed by atoms with Crippen LogP contribution in [0.5, 0.6) is 0 Å². The minimum atomic E-state index is 0.176. The zero-order chi connectivity index (χ0) is 27.9. The van der Waals surface area contributed by atoms with Crippen LogP contribution in [-0.4, -0.2) is 0 Å². The van der Waals surface area contributed by atoms with Crippen LogP contribution in [0.2, 0.25) is 0 Å². The number of rotatable bonds is 5. The fourth-order valence-corrected chi connectivity index (χ4v) is 7.36. The van der Waals surface area contributed by atoms with E-state index < -0.39 is 0 Å². The van der Waals surface area contributed by atoms with Crippen LogP contribution in [-0.2, 0) is 0 Å². The summed E-state index contributed by atoms with van der Waals surface area (Å²) in [7, 11) is 0. The van der Waals surface area contributed by atoms with E-state index in [1.165, 1.54) is 48.8 Å². The summed E-state index contributed by atoms with van der Waals surface area (Å²) >= 11 is 1.92. The molecule has 0 radical (unpaired) electrons. The Morgan fingerprint density at radius 1 is 0.452 bits per heavy atom. The Morgan fingerprint density at radius 2 is 1.00 bits per heavy atom. The molecule has 7 aromatic rings. The van der Waals surface area contributed by atoms with E-state index in [0.717, 1.165) is 17.1 Å². The Hall–Kier alpha value is -4.99. The molecule has 0 bridgehead atoms. The van der Waals surface area contributed by atoms with Gasteiger partial charge in [0.05, 0.1) is 5.69 Å². The third kappa shape index (κ3) is 4.30. The molecule has 0 spiro atoms. The van der Waals surface area contributed by atoms with E-state index >= 15 is 0 Å². The molecule has 0 amide bonds. The third-order valence-electron chi connectivity index (χ3n) is 8.08. The largest absolute Gasteiger partial charge is 0.368 e. The number of para-hydroxylation sites is 1. The molecule has 1 atom stereocenters. The molecule has 0 aliphatic carbocycles. The number of thioether (sulfide) groups is 1. The van der Waals surface area contributed by atoms with Crippen molar-refractivity contribution in [3.63, 3.8) is 0 Å². The molecule has 0 aromatic heterocycles. The quantitative estimate of drug-likeness (QED) is 0.212. The number of nitrogens with zero attached hydrogens (tertiary/aromatic N) is 1. The van der Waals surface area contributed by atoms with Crippen molar-refractivity contribution in [3.8, 4) is 11.1 Å². The van der Waals surface area contributed by atoms with Crippen LogP contribution in [0.15, 0.2) is 163 Å². The van der Waals surface area contributed by atoms with Gasteiger partial charge in [0, 0.05) is 27.3 Å². The highest BCUT2D eigenvalue weighted by Gasteiger charge is 2.28. The van der Waals surface area contributed by atoms with Crippen LogP contribution in [0.25, 0.3) is 32.7 Å². The highest BCUT2D eigenvalue weighted by molar-refractivity contribution is 8.00. The van der Waals surface area contributed by atoms with Gasteiger partial charge in [0.25, 0.3) is 0 Å². The number of nitrogens with one attached hydrogen (secondary N) is 1. The van der Waals surface area contributed by atoms with E-state index in [2.05, 4.69) is 168 Å². The molecule has 42 heavy (non-hydrogen) atoms. The van der Waals surface area contributed by atoms with Crippen LogP contribution in [0.4, 0.5) is 22.7 Å². The average molecular weight is 557 g/mol. The summed E-state index contributed by atoms with van der Waals surface area (Å²) < 4.78 is 0. The lowest BCUT2D eigenvalue weighted by atomic mass is 9.98. The summed E-state index contributed by atoms with van der Waals surface area (Å²) in [6.07, 6.45) is 0. The highest BCUT2D eigenvalue weighted by atomic mass is 32.2. The summed E-state index contributed by atoms with van der Waals surface area (Å²) in [5.41, 5.74) is 8.33. The average Bonchev–Trinajstić information content (AvgIpc) is 3.53. The predicted octanol–water partition coefficient (Wildman–Crippen LogP) is 11.3. The van der Waals surface area contributed by atoms with E-state index in [1.807, 2.05) is 11.8 Å². The molecule has 1 N–H and O–H groups in total. The summed E-state index contributed by atoms with van der Waals surface area (Å²) in [6, 6.07) is 56.6. The van der Waals surface area contributed by atoms with Gasteiger partial charge in [-0.05, 0) is 69.2 Å². The topological polar surface area (TPSA) is 15.3 Å². The van der Waals surface area contributed by atoms with Crippen molar-refractivity contribution in [1.82, 2.24) is 0 Å². The van der Waals surface area contributed by atoms with Gasteiger partial charge in [0.2, 0.25) is 0 Å². The van der Waals surface area contributed by atoms with Crippen LogP contribution >= 0.6 is 11.8 Å². The van der Waals surface area contributed by atoms with Gasteiger partial charge in [0.15, 0.2) is 0 Å². The fraction of sp³-hybridized carbons (Fsp3) is 0.0256. The molecular formula is C39H28N2S. The first kappa shape index (κ1) is 24.8. The normalized spacial score (nSPS) is 14.0. The van der Waals surface area contributed by atoms with Crippen molar-refractivity contribution in [2.24, 2.45) is 0 Å². The van der Waals surface area contributed by atoms with E-state index in [0.29, 0.717) is 0 Å². The fourth-order valence-electron chi connectivity index (χ4n) is 6.07. The molecule has 1 heterocycles. The Bertz CT molecular complexity index is 2020. The first-order valence-electron chi connectivity index (χ1n) is 14.3. The Kier molecular flexibility index (Phi) is 6.16. The Morgan fingerprint density at radius 3 is 1.74 bits per heavy atom. The van der Waals surface area contributed by atoms with Gasteiger partial charge in [-0.1, -0.05) is 133 Å². The predicted molar refractivity (Wildman–Crippen MR) is 180 cm³/mol. The van der Waals surface area contributed by atoms with Gasteiger partial charge in [-0.15, -0.1) is 0 Å². The Balaban J connectivity index is 1.29. The smallest absolute Gasteiger partial charge is 0.103 e. The number of anilines is 4. The summed E-state index contributed by atoms with van der Waals surface area (Å²) in [6.45, 7) is 0. The molecule has 1 aliphatic rings. The van der Waals surface area contributed by atoms with E-state index in [-0.39, 0.29) is 5.37 Å². The first-order valence-corrected chi connectivity index (χ1v) is 15.2. The van der Waals surface area contributed by atoms with Crippen molar-refractivity contribution in [3.05, 3.63) is 163 Å². The van der Waals surface area contributed by atoms with Gasteiger partial charge in [-0.2, -0.15) is 0 Å². The maximum Gasteiger partial charge on any atom is 0.103 e. The molecule has 8 rings (SSSR count). The second-order valence-corrected chi connectivity index (χ2v) is 11.7. The van der Waals surface area contributed by atoms with Crippen molar-refractivity contribution < 1.29 is 0 Å². The van der Waals surface area contributed by atoms with Crippen LogP contribution < -0.4 is 10.2 Å². The second kappa shape index (κ2) is 10.4. The van der Waals surface area contributed by atoms with Crippen LogP contribution in [0, 0.1) is 0 Å². The monoisotopic (exact) mass is 556 g/mol. The maximum absolute atomic E-state index is 3.90. The van der Waals surface area contributed by atoms with Crippen molar-refractivity contribution in [2.45, 2.75) is 10.3 Å². The lowest BCUT2D eigenvalue weighted by Crippen LogP contribution is -2.10. The highest BCUT2D eigenvalue weighted by Crippen LogP contribution is 2.54. The molecule has 1 aliphatic heterocycles. The molecule has 2 nitrogen and oxygen atoms in total. The first-order chi connectivity index (χ1) is 20.8. The molecule has 1 unspecified atom stereocenters. The molecule has 200 valence electrons. The molecule has 0 fully saturated rings. The SMILES string of the molecule is c1ccc(-c2ccc(N(c3ccccc3)c3ccc4c(c3)c3c(c5ccccc54)SC(c4ccccc4)N3)cc2)cc1. The van der Waals surface area contributed by atoms with Crippen molar-refractivity contribution in [2.75, 3.05) is 10.2 Å². The third-order valence-corrected chi connectivity index (χ3v) is 9.37. The van der Waals surface area contributed by atoms with E-state index in [9.17, 15) is 0 Å². The van der Waals surface area contributed by atoms with Crippen molar-refractivity contribution in [1.29, 1.82) is 0 Å². The molecule has 3 heteroatoms. The lowest BCUT2D eigenvalue weighted by molar-refractivity contribution is 1.14. The lowest BCUT2D eigenvalue weighted by Gasteiger charge is -2.26. The maximum atomic E-state index is 3.90. The van der Waals surface area contributed by atoms with Gasteiger partial charge in [-0.25, -0.2) is 0 Å². The van der Waals surface area contributed by atoms with Crippen molar-refractivity contribution >= 4 is 56.1 Å². The second-order valence-electron chi connectivity index (χ2n) is 10.6. The standard InChI is InChI=1S/C39H28N2S/c1-4-12-27(13-5-1)28-20-22-31(23-21-28)41(30-16-8-3-9-17-30)32-24-25-34-33-18-10-11-19-35(33)38-37(36(34)26-32)40-39(42-38)29-14-6-2-7-15-29/h1-26,39-40H.